The molecule has 2 rings (SSSR count). The van der Waals surface area contributed by atoms with Gasteiger partial charge in [-0.15, -0.1) is 11.8 Å². The van der Waals surface area contributed by atoms with Crippen molar-refractivity contribution in [2.75, 3.05) is 12.3 Å². The molecule has 1 aliphatic heterocycles. The van der Waals surface area contributed by atoms with Crippen LogP contribution >= 0.6 is 23.4 Å². The van der Waals surface area contributed by atoms with E-state index in [1.807, 2.05) is 0 Å². The van der Waals surface area contributed by atoms with Crippen LogP contribution in [-0.4, -0.2) is 12.3 Å². The fraction of sp³-hybridized carbons (Fsp3) is 0.333. The van der Waals surface area contributed by atoms with Gasteiger partial charge in [0.2, 0.25) is 0 Å². The van der Waals surface area contributed by atoms with E-state index in [0.29, 0.717) is 10.6 Å². The number of nitrogens with one attached hydrogen (secondary N) is 1. The summed E-state index contributed by atoms with van der Waals surface area (Å²) in [7, 11) is 0. The Balaban J connectivity index is 2.37. The van der Waals surface area contributed by atoms with Gasteiger partial charge in [-0.1, -0.05) is 17.7 Å². The van der Waals surface area contributed by atoms with Crippen LogP contribution in [0.25, 0.3) is 0 Å². The van der Waals surface area contributed by atoms with Crippen molar-refractivity contribution in [3.8, 4) is 0 Å². The molecule has 0 aromatic heterocycles. The minimum atomic E-state index is -0.223. The molecule has 13 heavy (non-hydrogen) atoms. The first-order valence-electron chi connectivity index (χ1n) is 4.08. The molecule has 1 atom stereocenters. The van der Waals surface area contributed by atoms with Gasteiger partial charge in [-0.2, -0.15) is 0 Å². The van der Waals surface area contributed by atoms with Crippen LogP contribution in [0.2, 0.25) is 5.02 Å². The first-order valence-corrected chi connectivity index (χ1v) is 5.50. The third-order valence-corrected chi connectivity index (χ3v) is 3.48. The summed E-state index contributed by atoms with van der Waals surface area (Å²) in [5, 5.41) is 3.72. The minimum Gasteiger partial charge on any atom is -0.301 e. The van der Waals surface area contributed by atoms with Crippen LogP contribution < -0.4 is 5.32 Å². The molecule has 1 aliphatic rings. The molecule has 0 bridgehead atoms. The molecule has 0 amide bonds. The Bertz CT molecular complexity index is 292. The quantitative estimate of drug-likeness (QED) is 0.777. The molecule has 0 aliphatic carbocycles. The van der Waals surface area contributed by atoms with Crippen molar-refractivity contribution >= 4 is 23.4 Å². The average Bonchev–Trinajstić information content (AvgIpc) is 2.57. The van der Waals surface area contributed by atoms with E-state index in [4.69, 9.17) is 11.6 Å². The van der Waals surface area contributed by atoms with Crippen LogP contribution in [0.15, 0.2) is 18.2 Å². The molecule has 1 nitrogen and oxygen atoms in total. The number of halogens is 2. The van der Waals surface area contributed by atoms with Crippen molar-refractivity contribution in [2.45, 2.75) is 5.37 Å². The summed E-state index contributed by atoms with van der Waals surface area (Å²) in [5.74, 6) is 0.786. The van der Waals surface area contributed by atoms with Gasteiger partial charge in [0.25, 0.3) is 0 Å². The molecular formula is C9H9ClFNS. The van der Waals surface area contributed by atoms with Crippen LogP contribution in [0.3, 0.4) is 0 Å². The van der Waals surface area contributed by atoms with Gasteiger partial charge in [-0.3, -0.25) is 0 Å². The summed E-state index contributed by atoms with van der Waals surface area (Å²) in [6.07, 6.45) is 0. The van der Waals surface area contributed by atoms with Crippen molar-refractivity contribution in [1.82, 2.24) is 5.32 Å². The molecule has 1 heterocycles. The highest BCUT2D eigenvalue weighted by atomic mass is 35.5. The average molecular weight is 218 g/mol. The maximum Gasteiger partial charge on any atom is 0.130 e. The van der Waals surface area contributed by atoms with Crippen molar-refractivity contribution < 1.29 is 4.39 Å². The highest BCUT2D eigenvalue weighted by molar-refractivity contribution is 7.99. The normalized spacial score (nSPS) is 22.2. The first-order chi connectivity index (χ1) is 6.29. The van der Waals surface area contributed by atoms with Crippen molar-refractivity contribution in [3.05, 3.63) is 34.6 Å². The third-order valence-electron chi connectivity index (χ3n) is 1.98. The molecule has 1 unspecified atom stereocenters. The largest absolute Gasteiger partial charge is 0.301 e. The van der Waals surface area contributed by atoms with E-state index < -0.39 is 0 Å². The second-order valence-corrected chi connectivity index (χ2v) is 4.46. The van der Waals surface area contributed by atoms with E-state index in [1.54, 1.807) is 23.9 Å². The van der Waals surface area contributed by atoms with E-state index >= 15 is 0 Å². The first kappa shape index (κ1) is 9.31. The van der Waals surface area contributed by atoms with Gasteiger partial charge in [0.1, 0.15) is 5.82 Å². The highest BCUT2D eigenvalue weighted by Gasteiger charge is 2.22. The summed E-state index contributed by atoms with van der Waals surface area (Å²) in [6.45, 7) is 0.917. The van der Waals surface area contributed by atoms with E-state index in [1.165, 1.54) is 6.07 Å². The zero-order valence-electron chi connectivity index (χ0n) is 6.89. The Labute approximate surface area is 85.7 Å². The van der Waals surface area contributed by atoms with Crippen LogP contribution in [0.1, 0.15) is 10.9 Å². The van der Waals surface area contributed by atoms with Crippen LogP contribution in [0.5, 0.6) is 0 Å². The summed E-state index contributed by atoms with van der Waals surface area (Å²) in [4.78, 5) is 0. The van der Waals surface area contributed by atoms with Gasteiger partial charge >= 0.3 is 0 Å². The number of hydrogen-bond donors (Lipinski definition) is 1. The lowest BCUT2D eigenvalue weighted by Crippen LogP contribution is -2.13. The smallest absolute Gasteiger partial charge is 0.130 e. The lowest BCUT2D eigenvalue weighted by atomic mass is 10.2. The summed E-state index contributed by atoms with van der Waals surface area (Å²) < 4.78 is 13.4. The second-order valence-electron chi connectivity index (χ2n) is 2.84. The minimum absolute atomic E-state index is 0.0219. The SMILES string of the molecule is Fc1cccc(Cl)c1C1NCCS1. The molecule has 4 heteroatoms. The van der Waals surface area contributed by atoms with Crippen LogP contribution in [-0.2, 0) is 0 Å². The molecule has 1 N–H and O–H groups in total. The summed E-state index contributed by atoms with van der Waals surface area (Å²) in [5.41, 5.74) is 0.590. The second kappa shape index (κ2) is 3.86. The number of hydrogen-bond acceptors (Lipinski definition) is 2. The lowest BCUT2D eigenvalue weighted by Gasteiger charge is -2.12. The van der Waals surface area contributed by atoms with Gasteiger partial charge in [-0.25, -0.2) is 4.39 Å². The lowest BCUT2D eigenvalue weighted by molar-refractivity contribution is 0.596. The molecule has 1 saturated heterocycles. The molecule has 70 valence electrons. The maximum atomic E-state index is 13.4. The Hall–Kier alpha value is -0.250. The van der Waals surface area contributed by atoms with Crippen molar-refractivity contribution in [1.29, 1.82) is 0 Å². The molecular weight excluding hydrogens is 209 g/mol. The fourth-order valence-corrected chi connectivity index (χ4v) is 2.82. The zero-order valence-corrected chi connectivity index (χ0v) is 8.46. The van der Waals surface area contributed by atoms with E-state index in [9.17, 15) is 4.39 Å². The third kappa shape index (κ3) is 1.82. The predicted molar refractivity (Wildman–Crippen MR) is 54.6 cm³/mol. The van der Waals surface area contributed by atoms with E-state index in [0.717, 1.165) is 12.3 Å². The fourth-order valence-electron chi connectivity index (χ4n) is 1.37. The van der Waals surface area contributed by atoms with Crippen LogP contribution in [0, 0.1) is 5.82 Å². The van der Waals surface area contributed by atoms with Crippen molar-refractivity contribution in [2.24, 2.45) is 0 Å². The van der Waals surface area contributed by atoms with Gasteiger partial charge < -0.3 is 5.32 Å². The van der Waals surface area contributed by atoms with Gasteiger partial charge in [0.05, 0.1) is 5.37 Å². The van der Waals surface area contributed by atoms with Crippen LogP contribution in [0.4, 0.5) is 4.39 Å². The molecule has 1 aromatic carbocycles. The topological polar surface area (TPSA) is 12.0 Å². The molecule has 1 fully saturated rings. The van der Waals surface area contributed by atoms with E-state index in [-0.39, 0.29) is 11.2 Å². The molecule has 1 aromatic rings. The maximum absolute atomic E-state index is 13.4. The monoisotopic (exact) mass is 217 g/mol. The predicted octanol–water partition coefficient (Wildman–Crippen LogP) is 2.81. The summed E-state index contributed by atoms with van der Waals surface area (Å²) >= 11 is 7.60. The highest BCUT2D eigenvalue weighted by Crippen LogP contribution is 2.35. The Morgan fingerprint density at radius 3 is 3.00 bits per heavy atom. The summed E-state index contributed by atoms with van der Waals surface area (Å²) in [6, 6.07) is 4.79. The number of benzene rings is 1. The van der Waals surface area contributed by atoms with Crippen molar-refractivity contribution in [3.63, 3.8) is 0 Å². The number of thioether (sulfide) groups is 1. The molecule has 0 spiro atoms. The molecule has 0 radical (unpaired) electrons. The van der Waals surface area contributed by atoms with Gasteiger partial charge in [-0.05, 0) is 12.1 Å². The molecule has 0 saturated carbocycles. The Kier molecular flexibility index (Phi) is 2.77. The standard InChI is InChI=1S/C9H9ClFNS/c10-6-2-1-3-7(11)8(6)9-12-4-5-13-9/h1-3,9,12H,4-5H2. The zero-order chi connectivity index (χ0) is 9.26. The Morgan fingerprint density at radius 2 is 2.38 bits per heavy atom. The van der Waals surface area contributed by atoms with Gasteiger partial charge in [0.15, 0.2) is 0 Å². The number of rotatable bonds is 1. The van der Waals surface area contributed by atoms with E-state index in [2.05, 4.69) is 5.32 Å². The van der Waals surface area contributed by atoms with Gasteiger partial charge in [0, 0.05) is 22.9 Å². The Morgan fingerprint density at radius 1 is 1.54 bits per heavy atom.